The molecule has 2 rings (SSSR count). The number of ether oxygens (including phenoxy) is 2. The molecule has 0 bridgehead atoms. The van der Waals surface area contributed by atoms with Gasteiger partial charge in [-0.15, -0.1) is 13.2 Å². The van der Waals surface area contributed by atoms with E-state index in [4.69, 9.17) is 5.11 Å². The number of hydrogen-bond acceptors (Lipinski definition) is 8. The Kier molecular flexibility index (Phi) is 7.85. The second-order valence-corrected chi connectivity index (χ2v) is 8.82. The zero-order chi connectivity index (χ0) is 24.3. The van der Waals surface area contributed by atoms with E-state index in [1.807, 2.05) is 4.72 Å². The molecule has 0 aromatic heterocycles. The number of aliphatic hydroxyl groups excluding tert-OH is 1. The van der Waals surface area contributed by atoms with Crippen molar-refractivity contribution in [2.75, 3.05) is 18.4 Å². The molecule has 4 N–H and O–H groups in total. The second kappa shape index (κ2) is 9.83. The van der Waals surface area contributed by atoms with E-state index in [9.17, 15) is 36.6 Å². The van der Waals surface area contributed by atoms with Crippen LogP contribution in [0, 0.1) is 0 Å². The van der Waals surface area contributed by atoms with Crippen LogP contribution >= 0.6 is 15.9 Å². The third-order valence-electron chi connectivity index (χ3n) is 3.98. The van der Waals surface area contributed by atoms with E-state index in [0.29, 0.717) is 12.1 Å². The molecule has 0 unspecified atom stereocenters. The van der Waals surface area contributed by atoms with Crippen LogP contribution in [0.3, 0.4) is 0 Å². The summed E-state index contributed by atoms with van der Waals surface area (Å²) >= 11 is 3.09. The van der Waals surface area contributed by atoms with E-state index in [0.717, 1.165) is 13.2 Å². The molecule has 0 fully saturated rings. The molecular weight excluding hydrogens is 527 g/mol. The summed E-state index contributed by atoms with van der Waals surface area (Å²) in [6, 6.07) is 3.48. The van der Waals surface area contributed by atoms with Gasteiger partial charge in [-0.25, -0.2) is 13.2 Å². The first-order valence-electron chi connectivity index (χ1n) is 8.65. The highest BCUT2D eigenvalue weighted by atomic mass is 79.9. The number of hydrogen-bond donors (Lipinski definition) is 4. The van der Waals surface area contributed by atoms with Crippen LogP contribution in [-0.4, -0.2) is 49.8 Å². The van der Waals surface area contributed by atoms with E-state index >= 15 is 0 Å². The summed E-state index contributed by atoms with van der Waals surface area (Å²) < 4.78 is 73.8. The molecule has 0 radical (unpaired) electrons. The fourth-order valence-electron chi connectivity index (χ4n) is 2.64. The Morgan fingerprint density at radius 1 is 1.16 bits per heavy atom. The maximum atomic E-state index is 12.9. The number of carbonyl (C=O) groups excluding carboxylic acids is 1. The number of halogens is 4. The molecule has 0 saturated heterocycles. The van der Waals surface area contributed by atoms with Crippen molar-refractivity contribution in [3.8, 4) is 17.2 Å². The minimum Gasteiger partial charge on any atom is -0.506 e. The number of sulfonamides is 1. The van der Waals surface area contributed by atoms with Crippen molar-refractivity contribution >= 4 is 37.6 Å². The van der Waals surface area contributed by atoms with Crippen LogP contribution in [0.5, 0.6) is 17.2 Å². The predicted octanol–water partition coefficient (Wildman–Crippen LogP) is 3.27. The first-order valence-corrected chi connectivity index (χ1v) is 10.9. The molecule has 0 spiro atoms. The molecule has 32 heavy (non-hydrogen) atoms. The van der Waals surface area contributed by atoms with Gasteiger partial charge < -0.3 is 24.8 Å². The van der Waals surface area contributed by atoms with Crippen LogP contribution in [0.15, 0.2) is 33.6 Å². The Bertz CT molecular complexity index is 1120. The quantitative estimate of drug-likeness (QED) is 0.293. The van der Waals surface area contributed by atoms with Gasteiger partial charge in [0.05, 0.1) is 12.8 Å². The van der Waals surface area contributed by atoms with E-state index < -0.39 is 55.7 Å². The van der Waals surface area contributed by atoms with Crippen LogP contribution in [-0.2, 0) is 21.2 Å². The van der Waals surface area contributed by atoms with Crippen molar-refractivity contribution in [2.45, 2.75) is 24.1 Å². The van der Waals surface area contributed by atoms with Crippen molar-refractivity contribution < 1.29 is 51.2 Å². The number of alkyl halides is 3. The maximum Gasteiger partial charge on any atom is 0.573 e. The molecule has 0 saturated carbocycles. The van der Waals surface area contributed by atoms with Gasteiger partial charge in [0.1, 0.15) is 22.0 Å². The van der Waals surface area contributed by atoms with Gasteiger partial charge in [0.2, 0.25) is 0 Å². The molecule has 14 heteroatoms. The number of rotatable bonds is 8. The number of benzene rings is 2. The lowest BCUT2D eigenvalue weighted by Gasteiger charge is -2.17. The average molecular weight is 544 g/mol. The van der Waals surface area contributed by atoms with Crippen LogP contribution in [0.25, 0.3) is 0 Å². The van der Waals surface area contributed by atoms with Gasteiger partial charge in [0, 0.05) is 17.1 Å². The summed E-state index contributed by atoms with van der Waals surface area (Å²) in [5.41, 5.74) is -1.46. The number of methoxy groups -OCH3 is 1. The third-order valence-corrected chi connectivity index (χ3v) is 5.82. The number of aliphatic hydroxyl groups is 1. The van der Waals surface area contributed by atoms with E-state index in [1.54, 1.807) is 0 Å². The molecule has 0 atom stereocenters. The van der Waals surface area contributed by atoms with Gasteiger partial charge in [-0.05, 0) is 36.6 Å². The number of carbonyl (C=O) groups is 1. The molecule has 0 aliphatic carbocycles. The minimum absolute atomic E-state index is 0.122. The summed E-state index contributed by atoms with van der Waals surface area (Å²) in [5, 5.41) is 29.6. The maximum absolute atomic E-state index is 12.9. The van der Waals surface area contributed by atoms with Gasteiger partial charge in [-0.1, -0.05) is 15.9 Å². The second-order valence-electron chi connectivity index (χ2n) is 6.25. The Balaban J connectivity index is 2.58. The SMILES string of the molecule is COC(=O)c1cc(OC(F)(F)F)cc(NS(=O)(=O)c2cc(Br)cc(CCCO)c2O)c1O. The van der Waals surface area contributed by atoms with Crippen LogP contribution < -0.4 is 9.46 Å². The summed E-state index contributed by atoms with van der Waals surface area (Å²) in [7, 11) is -3.79. The summed E-state index contributed by atoms with van der Waals surface area (Å²) in [6.45, 7) is -0.220. The molecule has 176 valence electrons. The molecular formula is C18H17BrF3NO8S. The Morgan fingerprint density at radius 3 is 2.38 bits per heavy atom. The van der Waals surface area contributed by atoms with Crippen molar-refractivity contribution in [3.05, 3.63) is 39.9 Å². The van der Waals surface area contributed by atoms with Crippen LogP contribution in [0.1, 0.15) is 22.3 Å². The lowest BCUT2D eigenvalue weighted by Crippen LogP contribution is -2.19. The monoisotopic (exact) mass is 543 g/mol. The number of esters is 1. The Morgan fingerprint density at radius 2 is 1.81 bits per heavy atom. The molecule has 2 aromatic carbocycles. The molecule has 0 aliphatic heterocycles. The van der Waals surface area contributed by atoms with Crippen LogP contribution in [0.2, 0.25) is 0 Å². The van der Waals surface area contributed by atoms with Crippen molar-refractivity contribution in [3.63, 3.8) is 0 Å². The van der Waals surface area contributed by atoms with E-state index in [2.05, 4.69) is 25.4 Å². The highest BCUT2D eigenvalue weighted by molar-refractivity contribution is 9.10. The largest absolute Gasteiger partial charge is 0.573 e. The number of phenolic OH excluding ortho intramolecular Hbond substituents is 2. The third kappa shape index (κ3) is 6.17. The Hall–Kier alpha value is -2.71. The number of phenols is 2. The van der Waals surface area contributed by atoms with Crippen molar-refractivity contribution in [1.29, 1.82) is 0 Å². The van der Waals surface area contributed by atoms with Gasteiger partial charge in [-0.2, -0.15) is 0 Å². The molecule has 9 nitrogen and oxygen atoms in total. The van der Waals surface area contributed by atoms with Crippen molar-refractivity contribution in [1.82, 2.24) is 0 Å². The fraction of sp³-hybridized carbons (Fsp3) is 0.278. The van der Waals surface area contributed by atoms with Gasteiger partial charge >= 0.3 is 12.3 Å². The first-order chi connectivity index (χ1) is 14.8. The molecule has 0 amide bonds. The highest BCUT2D eigenvalue weighted by Gasteiger charge is 2.33. The summed E-state index contributed by atoms with van der Waals surface area (Å²) in [5.74, 6) is -3.95. The van der Waals surface area contributed by atoms with Gasteiger partial charge in [0.15, 0.2) is 5.75 Å². The zero-order valence-corrected chi connectivity index (χ0v) is 18.6. The summed E-state index contributed by atoms with van der Waals surface area (Å²) in [4.78, 5) is 11.2. The van der Waals surface area contributed by atoms with Gasteiger partial charge in [-0.3, -0.25) is 4.72 Å². The number of aryl methyl sites for hydroxylation is 1. The number of anilines is 1. The lowest BCUT2D eigenvalue weighted by atomic mass is 10.1. The first kappa shape index (κ1) is 25.5. The smallest absolute Gasteiger partial charge is 0.506 e. The zero-order valence-electron chi connectivity index (χ0n) is 16.2. The van der Waals surface area contributed by atoms with E-state index in [1.165, 1.54) is 6.07 Å². The molecule has 0 heterocycles. The molecule has 0 aliphatic rings. The normalized spacial score (nSPS) is 11.8. The van der Waals surface area contributed by atoms with E-state index in [-0.39, 0.29) is 29.5 Å². The summed E-state index contributed by atoms with van der Waals surface area (Å²) in [6.07, 6.45) is -4.83. The standard InChI is InChI=1S/C18H17BrF3NO8S/c1-30-17(27)12-7-11(31-18(20,21)22)8-13(16(12)26)23-32(28,29)14-6-10(19)5-9(15(14)25)3-2-4-24/h5-8,23-26H,2-4H2,1H3. The van der Waals surface area contributed by atoms with Crippen LogP contribution in [0.4, 0.5) is 18.9 Å². The van der Waals surface area contributed by atoms with Gasteiger partial charge in [0.25, 0.3) is 10.0 Å². The number of nitrogens with one attached hydrogen (secondary N) is 1. The fourth-order valence-corrected chi connectivity index (χ4v) is 4.52. The average Bonchev–Trinajstić information content (AvgIpc) is 2.68. The molecule has 2 aromatic rings. The Labute approximate surface area is 188 Å². The lowest BCUT2D eigenvalue weighted by molar-refractivity contribution is -0.274. The highest BCUT2D eigenvalue weighted by Crippen LogP contribution is 2.38. The minimum atomic E-state index is -5.18. The van der Waals surface area contributed by atoms with Crippen molar-refractivity contribution in [2.24, 2.45) is 0 Å². The number of aromatic hydroxyl groups is 2. The predicted molar refractivity (Wildman–Crippen MR) is 108 cm³/mol. The topological polar surface area (TPSA) is 142 Å².